The predicted octanol–water partition coefficient (Wildman–Crippen LogP) is 2.63. The number of rotatable bonds is 6. The molecule has 0 saturated carbocycles. The first-order chi connectivity index (χ1) is 12.3. The van der Waals surface area contributed by atoms with Gasteiger partial charge in [-0.15, -0.1) is 22.7 Å². The Morgan fingerprint density at radius 1 is 1.38 bits per heavy atom. The summed E-state index contributed by atoms with van der Waals surface area (Å²) >= 11 is 3.03. The Balaban J connectivity index is 1.89. The van der Waals surface area contributed by atoms with E-state index in [1.54, 1.807) is 23.3 Å². The van der Waals surface area contributed by atoms with Crippen LogP contribution < -0.4 is 11.3 Å². The van der Waals surface area contributed by atoms with Crippen LogP contribution in [-0.4, -0.2) is 40.5 Å². The summed E-state index contributed by atoms with van der Waals surface area (Å²) in [7, 11) is 1.73. The smallest absolute Gasteiger partial charge is 0.263 e. The van der Waals surface area contributed by atoms with Crippen LogP contribution in [0.2, 0.25) is 0 Å². The van der Waals surface area contributed by atoms with Gasteiger partial charge >= 0.3 is 0 Å². The van der Waals surface area contributed by atoms with Gasteiger partial charge in [-0.2, -0.15) is 0 Å². The average Bonchev–Trinajstić information content (AvgIpc) is 3.26. The van der Waals surface area contributed by atoms with Gasteiger partial charge in [0.15, 0.2) is 0 Å². The maximum Gasteiger partial charge on any atom is 0.263 e. The lowest BCUT2D eigenvalue weighted by Crippen LogP contribution is -2.42. The molecule has 0 bridgehead atoms. The molecule has 0 radical (unpaired) electrons. The molecule has 0 saturated heterocycles. The van der Waals surface area contributed by atoms with E-state index in [9.17, 15) is 9.59 Å². The molecule has 6 nitrogen and oxygen atoms in total. The number of amides is 1. The SMILES string of the molecule is CN(CC(C)(C)CN)C(=O)Cn1cnc2scc(-c3cccs3)c2c1=O. The molecule has 0 atom stereocenters. The molecule has 3 rings (SSSR count). The second-order valence-electron chi connectivity index (χ2n) is 7.10. The van der Waals surface area contributed by atoms with Gasteiger partial charge in [-0.1, -0.05) is 19.9 Å². The standard InChI is InChI=1S/C18H22N4O2S2/c1-18(2,9-19)10-21(3)14(23)7-22-11-20-16-15(17(22)24)12(8-26-16)13-5-4-6-25-13/h4-6,8,11H,7,9-10,19H2,1-3H3. The van der Waals surface area contributed by atoms with E-state index in [0.717, 1.165) is 10.4 Å². The Hall–Kier alpha value is -2.03. The van der Waals surface area contributed by atoms with Crippen LogP contribution in [-0.2, 0) is 11.3 Å². The molecule has 3 aromatic heterocycles. The minimum atomic E-state index is -0.181. The molecule has 0 aliphatic carbocycles. The first kappa shape index (κ1) is 18.8. The first-order valence-electron chi connectivity index (χ1n) is 8.27. The van der Waals surface area contributed by atoms with Gasteiger partial charge < -0.3 is 10.6 Å². The maximum absolute atomic E-state index is 12.9. The second-order valence-corrected chi connectivity index (χ2v) is 8.91. The van der Waals surface area contributed by atoms with Crippen LogP contribution in [0, 0.1) is 5.41 Å². The van der Waals surface area contributed by atoms with E-state index in [-0.39, 0.29) is 23.4 Å². The third-order valence-electron chi connectivity index (χ3n) is 4.30. The first-order valence-corrected chi connectivity index (χ1v) is 10.0. The molecule has 1 amide bonds. The van der Waals surface area contributed by atoms with Crippen molar-refractivity contribution in [2.24, 2.45) is 11.1 Å². The van der Waals surface area contributed by atoms with E-state index in [1.165, 1.54) is 22.2 Å². The monoisotopic (exact) mass is 390 g/mol. The summed E-state index contributed by atoms with van der Waals surface area (Å²) in [6.45, 7) is 5.01. The van der Waals surface area contributed by atoms with Gasteiger partial charge in [0.2, 0.25) is 5.91 Å². The van der Waals surface area contributed by atoms with Gasteiger partial charge in [0.25, 0.3) is 5.56 Å². The van der Waals surface area contributed by atoms with Gasteiger partial charge in [0, 0.05) is 29.4 Å². The molecule has 2 N–H and O–H groups in total. The van der Waals surface area contributed by atoms with Crippen molar-refractivity contribution >= 4 is 38.8 Å². The highest BCUT2D eigenvalue weighted by atomic mass is 32.1. The van der Waals surface area contributed by atoms with E-state index < -0.39 is 0 Å². The number of carbonyl (C=O) groups is 1. The average molecular weight is 391 g/mol. The highest BCUT2D eigenvalue weighted by Crippen LogP contribution is 2.33. The molecule has 3 heterocycles. The summed E-state index contributed by atoms with van der Waals surface area (Å²) < 4.78 is 1.39. The highest BCUT2D eigenvalue weighted by molar-refractivity contribution is 7.18. The van der Waals surface area contributed by atoms with Gasteiger partial charge in [-0.05, 0) is 23.4 Å². The molecule has 0 fully saturated rings. The minimum absolute atomic E-state index is 0.0291. The van der Waals surface area contributed by atoms with Crippen molar-refractivity contribution in [1.29, 1.82) is 0 Å². The number of nitrogens with zero attached hydrogens (tertiary/aromatic N) is 3. The number of carbonyl (C=O) groups excluding carboxylic acids is 1. The number of hydrogen-bond acceptors (Lipinski definition) is 6. The quantitative estimate of drug-likeness (QED) is 0.701. The van der Waals surface area contributed by atoms with Crippen LogP contribution in [0.5, 0.6) is 0 Å². The Morgan fingerprint density at radius 3 is 2.81 bits per heavy atom. The van der Waals surface area contributed by atoms with Crippen molar-refractivity contribution in [3.05, 3.63) is 39.6 Å². The molecular formula is C18H22N4O2S2. The fraction of sp³-hybridized carbons (Fsp3) is 0.389. The third-order valence-corrected chi connectivity index (χ3v) is 6.09. The molecule has 0 aliphatic rings. The predicted molar refractivity (Wildman–Crippen MR) is 108 cm³/mol. The normalized spacial score (nSPS) is 11.8. The summed E-state index contributed by atoms with van der Waals surface area (Å²) in [5, 5.41) is 4.51. The van der Waals surface area contributed by atoms with E-state index in [1.807, 2.05) is 36.7 Å². The van der Waals surface area contributed by atoms with Crippen LogP contribution in [0.15, 0.2) is 34.0 Å². The summed E-state index contributed by atoms with van der Waals surface area (Å²) in [4.78, 5) is 33.2. The fourth-order valence-corrected chi connectivity index (χ4v) is 4.48. The number of hydrogen-bond donors (Lipinski definition) is 1. The zero-order valence-corrected chi connectivity index (χ0v) is 16.7. The molecule has 0 aliphatic heterocycles. The molecular weight excluding hydrogens is 368 g/mol. The van der Waals surface area contributed by atoms with Crippen LogP contribution in [0.4, 0.5) is 0 Å². The second kappa shape index (κ2) is 7.30. The highest BCUT2D eigenvalue weighted by Gasteiger charge is 2.22. The minimum Gasteiger partial charge on any atom is -0.344 e. The van der Waals surface area contributed by atoms with Gasteiger partial charge in [-0.3, -0.25) is 14.2 Å². The molecule has 26 heavy (non-hydrogen) atoms. The Bertz CT molecular complexity index is 973. The zero-order valence-electron chi connectivity index (χ0n) is 15.1. The van der Waals surface area contributed by atoms with E-state index >= 15 is 0 Å². The van der Waals surface area contributed by atoms with Crippen LogP contribution >= 0.6 is 22.7 Å². The lowest BCUT2D eigenvalue weighted by molar-refractivity contribution is -0.131. The Labute approximate surface area is 159 Å². The molecule has 0 spiro atoms. The lowest BCUT2D eigenvalue weighted by atomic mass is 9.93. The van der Waals surface area contributed by atoms with Gasteiger partial charge in [0.05, 0.1) is 11.7 Å². The van der Waals surface area contributed by atoms with Crippen LogP contribution in [0.3, 0.4) is 0 Å². The number of nitrogens with two attached hydrogens (primary N) is 1. The fourth-order valence-electron chi connectivity index (χ4n) is 2.75. The molecule has 3 aromatic rings. The summed E-state index contributed by atoms with van der Waals surface area (Å²) in [5.41, 5.74) is 6.28. The van der Waals surface area contributed by atoms with Crippen molar-refractivity contribution in [3.8, 4) is 10.4 Å². The van der Waals surface area contributed by atoms with Gasteiger partial charge in [0.1, 0.15) is 11.4 Å². The summed E-state index contributed by atoms with van der Waals surface area (Å²) in [6.07, 6.45) is 1.46. The molecule has 138 valence electrons. The van der Waals surface area contributed by atoms with Gasteiger partial charge in [-0.25, -0.2) is 4.98 Å². The maximum atomic E-state index is 12.9. The van der Waals surface area contributed by atoms with E-state index in [0.29, 0.717) is 23.3 Å². The van der Waals surface area contributed by atoms with Crippen LogP contribution in [0.25, 0.3) is 20.7 Å². The number of aromatic nitrogens is 2. The lowest BCUT2D eigenvalue weighted by Gasteiger charge is -2.29. The Morgan fingerprint density at radius 2 is 2.15 bits per heavy atom. The van der Waals surface area contributed by atoms with Crippen molar-refractivity contribution in [2.75, 3.05) is 20.1 Å². The van der Waals surface area contributed by atoms with Crippen molar-refractivity contribution < 1.29 is 4.79 Å². The molecule has 8 heteroatoms. The largest absolute Gasteiger partial charge is 0.344 e. The summed E-state index contributed by atoms with van der Waals surface area (Å²) in [6, 6.07) is 3.94. The number of thiophene rings is 2. The summed E-state index contributed by atoms with van der Waals surface area (Å²) in [5.74, 6) is -0.136. The third kappa shape index (κ3) is 3.72. The number of fused-ring (bicyclic) bond motifs is 1. The zero-order chi connectivity index (χ0) is 18.9. The van der Waals surface area contributed by atoms with E-state index in [4.69, 9.17) is 5.73 Å². The van der Waals surface area contributed by atoms with Crippen molar-refractivity contribution in [2.45, 2.75) is 20.4 Å². The molecule has 0 unspecified atom stereocenters. The Kier molecular flexibility index (Phi) is 5.27. The van der Waals surface area contributed by atoms with Crippen molar-refractivity contribution in [3.63, 3.8) is 0 Å². The number of likely N-dealkylation sites (N-methyl/N-ethyl adjacent to an activating group) is 1. The molecule has 0 aromatic carbocycles. The topological polar surface area (TPSA) is 81.2 Å². The van der Waals surface area contributed by atoms with Crippen molar-refractivity contribution in [1.82, 2.24) is 14.5 Å². The van der Waals surface area contributed by atoms with Crippen LogP contribution in [0.1, 0.15) is 13.8 Å². The van der Waals surface area contributed by atoms with E-state index in [2.05, 4.69) is 4.98 Å².